The van der Waals surface area contributed by atoms with E-state index in [4.69, 9.17) is 14.2 Å². The molecule has 0 aromatic carbocycles. The van der Waals surface area contributed by atoms with Crippen molar-refractivity contribution < 1.29 is 19.3 Å². The number of aliphatic hydroxyl groups is 1. The molecular formula is C12H25NO4. The molecule has 1 fully saturated rings. The van der Waals surface area contributed by atoms with Gasteiger partial charge in [-0.05, 0) is 19.9 Å². The van der Waals surface area contributed by atoms with E-state index in [1.54, 1.807) is 7.11 Å². The van der Waals surface area contributed by atoms with Gasteiger partial charge in [0.25, 0.3) is 0 Å². The topological polar surface area (TPSA) is 51.2 Å². The second-order valence-electron chi connectivity index (χ2n) is 4.50. The van der Waals surface area contributed by atoms with Crippen molar-refractivity contribution in [3.05, 3.63) is 0 Å². The molecule has 1 atom stereocenters. The molecule has 1 aliphatic heterocycles. The van der Waals surface area contributed by atoms with Crippen LogP contribution in [0.1, 0.15) is 12.8 Å². The summed E-state index contributed by atoms with van der Waals surface area (Å²) in [6.07, 6.45) is 1.67. The van der Waals surface area contributed by atoms with Crippen LogP contribution < -0.4 is 0 Å². The fourth-order valence-electron chi connectivity index (χ4n) is 2.02. The van der Waals surface area contributed by atoms with E-state index in [9.17, 15) is 5.11 Å². The van der Waals surface area contributed by atoms with Gasteiger partial charge in [0.05, 0.1) is 25.9 Å². The average molecular weight is 247 g/mol. The Hall–Kier alpha value is -0.200. The highest BCUT2D eigenvalue weighted by Crippen LogP contribution is 2.12. The zero-order valence-corrected chi connectivity index (χ0v) is 10.9. The minimum absolute atomic E-state index is 0.372. The molecule has 0 bridgehead atoms. The summed E-state index contributed by atoms with van der Waals surface area (Å²) in [4.78, 5) is 2.20. The summed E-state index contributed by atoms with van der Waals surface area (Å²) in [6, 6.07) is 0.525. The Labute approximate surface area is 104 Å². The van der Waals surface area contributed by atoms with Gasteiger partial charge >= 0.3 is 0 Å². The van der Waals surface area contributed by atoms with E-state index in [0.29, 0.717) is 32.4 Å². The van der Waals surface area contributed by atoms with Crippen molar-refractivity contribution in [2.75, 3.05) is 53.7 Å². The van der Waals surface area contributed by atoms with E-state index in [2.05, 4.69) is 4.90 Å². The van der Waals surface area contributed by atoms with Crippen molar-refractivity contribution in [2.24, 2.45) is 0 Å². The highest BCUT2D eigenvalue weighted by molar-refractivity contribution is 4.74. The molecule has 0 aromatic heterocycles. The first-order chi connectivity index (χ1) is 8.24. The van der Waals surface area contributed by atoms with Crippen LogP contribution in [-0.4, -0.2) is 75.9 Å². The maximum atomic E-state index is 9.81. The Bertz CT molecular complexity index is 185. The van der Waals surface area contributed by atoms with Crippen LogP contribution in [0.3, 0.4) is 0 Å². The predicted molar refractivity (Wildman–Crippen MR) is 65.2 cm³/mol. The lowest BCUT2D eigenvalue weighted by molar-refractivity contribution is -0.0146. The SMILES string of the molecule is COCCOCC(O)CN(C)C1CCOCC1. The van der Waals surface area contributed by atoms with Crippen LogP contribution in [0.25, 0.3) is 0 Å². The van der Waals surface area contributed by atoms with Crippen LogP contribution in [0.2, 0.25) is 0 Å². The second kappa shape index (κ2) is 8.83. The van der Waals surface area contributed by atoms with Gasteiger partial charge in [-0.25, -0.2) is 0 Å². The van der Waals surface area contributed by atoms with Crippen molar-refractivity contribution in [2.45, 2.75) is 25.0 Å². The molecule has 102 valence electrons. The van der Waals surface area contributed by atoms with Crippen LogP contribution in [0.4, 0.5) is 0 Å². The summed E-state index contributed by atoms with van der Waals surface area (Å²) in [5.74, 6) is 0. The molecule has 0 aromatic rings. The van der Waals surface area contributed by atoms with E-state index < -0.39 is 6.10 Å². The van der Waals surface area contributed by atoms with Crippen LogP contribution in [-0.2, 0) is 14.2 Å². The molecule has 0 amide bonds. The quantitative estimate of drug-likeness (QED) is 0.618. The van der Waals surface area contributed by atoms with Crippen LogP contribution in [0.15, 0.2) is 0 Å². The zero-order chi connectivity index (χ0) is 12.5. The van der Waals surface area contributed by atoms with E-state index in [-0.39, 0.29) is 0 Å². The number of nitrogens with zero attached hydrogens (tertiary/aromatic N) is 1. The van der Waals surface area contributed by atoms with Crippen molar-refractivity contribution >= 4 is 0 Å². The molecule has 0 spiro atoms. The Morgan fingerprint density at radius 3 is 2.71 bits per heavy atom. The van der Waals surface area contributed by atoms with Crippen molar-refractivity contribution in [1.82, 2.24) is 4.90 Å². The minimum Gasteiger partial charge on any atom is -0.389 e. The van der Waals surface area contributed by atoms with E-state index in [0.717, 1.165) is 26.1 Å². The molecule has 0 radical (unpaired) electrons. The molecular weight excluding hydrogens is 222 g/mol. The third-order valence-corrected chi connectivity index (χ3v) is 3.05. The largest absolute Gasteiger partial charge is 0.389 e. The molecule has 0 aliphatic carbocycles. The molecule has 1 heterocycles. The maximum absolute atomic E-state index is 9.81. The Morgan fingerprint density at radius 1 is 1.35 bits per heavy atom. The van der Waals surface area contributed by atoms with Gasteiger partial charge in [-0.2, -0.15) is 0 Å². The number of ether oxygens (including phenoxy) is 3. The van der Waals surface area contributed by atoms with Gasteiger partial charge in [-0.15, -0.1) is 0 Å². The highest BCUT2D eigenvalue weighted by atomic mass is 16.5. The fraction of sp³-hybridized carbons (Fsp3) is 1.00. The van der Waals surface area contributed by atoms with Crippen LogP contribution in [0.5, 0.6) is 0 Å². The third kappa shape index (κ3) is 6.33. The Morgan fingerprint density at radius 2 is 2.06 bits per heavy atom. The number of aliphatic hydroxyl groups excluding tert-OH is 1. The molecule has 17 heavy (non-hydrogen) atoms. The lowest BCUT2D eigenvalue weighted by Crippen LogP contribution is -2.42. The molecule has 1 unspecified atom stereocenters. The lowest BCUT2D eigenvalue weighted by atomic mass is 10.1. The number of hydrogen-bond acceptors (Lipinski definition) is 5. The molecule has 1 rings (SSSR count). The summed E-state index contributed by atoms with van der Waals surface area (Å²) in [6.45, 7) is 3.79. The first-order valence-electron chi connectivity index (χ1n) is 6.26. The molecule has 0 saturated carbocycles. The van der Waals surface area contributed by atoms with Crippen molar-refractivity contribution in [3.8, 4) is 0 Å². The monoisotopic (exact) mass is 247 g/mol. The first kappa shape index (κ1) is 14.9. The molecule has 1 aliphatic rings. The predicted octanol–water partition coefficient (Wildman–Crippen LogP) is 0.121. The van der Waals surface area contributed by atoms with Gasteiger partial charge in [-0.1, -0.05) is 0 Å². The number of likely N-dealkylation sites (N-methyl/N-ethyl adjacent to an activating group) is 1. The summed E-state index contributed by atoms with van der Waals surface area (Å²) >= 11 is 0. The Balaban J connectivity index is 2.09. The normalized spacial score (nSPS) is 19.8. The highest BCUT2D eigenvalue weighted by Gasteiger charge is 2.20. The third-order valence-electron chi connectivity index (χ3n) is 3.05. The number of rotatable bonds is 8. The zero-order valence-electron chi connectivity index (χ0n) is 10.9. The smallest absolute Gasteiger partial charge is 0.0900 e. The molecule has 5 heteroatoms. The maximum Gasteiger partial charge on any atom is 0.0900 e. The van der Waals surface area contributed by atoms with Gasteiger partial charge in [0.15, 0.2) is 0 Å². The van der Waals surface area contributed by atoms with Gasteiger partial charge in [0.1, 0.15) is 0 Å². The fourth-order valence-corrected chi connectivity index (χ4v) is 2.02. The average Bonchev–Trinajstić information content (AvgIpc) is 2.36. The van der Waals surface area contributed by atoms with Gasteiger partial charge in [-0.3, -0.25) is 0 Å². The lowest BCUT2D eigenvalue weighted by Gasteiger charge is -2.32. The summed E-state index contributed by atoms with van der Waals surface area (Å²) in [7, 11) is 3.69. The van der Waals surface area contributed by atoms with Gasteiger partial charge in [0, 0.05) is 32.9 Å². The van der Waals surface area contributed by atoms with E-state index in [1.807, 2.05) is 7.05 Å². The summed E-state index contributed by atoms with van der Waals surface area (Å²) in [5, 5.41) is 9.81. The molecule has 5 nitrogen and oxygen atoms in total. The Kier molecular flexibility index (Phi) is 7.72. The van der Waals surface area contributed by atoms with Crippen molar-refractivity contribution in [3.63, 3.8) is 0 Å². The first-order valence-corrected chi connectivity index (χ1v) is 6.26. The minimum atomic E-state index is -0.431. The van der Waals surface area contributed by atoms with Crippen LogP contribution in [0, 0.1) is 0 Å². The van der Waals surface area contributed by atoms with E-state index >= 15 is 0 Å². The molecule has 1 N–H and O–H groups in total. The van der Waals surface area contributed by atoms with Gasteiger partial charge < -0.3 is 24.2 Å². The van der Waals surface area contributed by atoms with E-state index in [1.165, 1.54) is 0 Å². The number of hydrogen-bond donors (Lipinski definition) is 1. The second-order valence-corrected chi connectivity index (χ2v) is 4.50. The van der Waals surface area contributed by atoms with Gasteiger partial charge in [0.2, 0.25) is 0 Å². The standard InChI is InChI=1S/C12H25NO4/c1-13(11-3-5-16-6-4-11)9-12(14)10-17-8-7-15-2/h11-12,14H,3-10H2,1-2H3. The summed E-state index contributed by atoms with van der Waals surface area (Å²) < 4.78 is 15.5. The summed E-state index contributed by atoms with van der Waals surface area (Å²) in [5.41, 5.74) is 0. The van der Waals surface area contributed by atoms with Crippen molar-refractivity contribution in [1.29, 1.82) is 0 Å². The van der Waals surface area contributed by atoms with Crippen LogP contribution >= 0.6 is 0 Å². The molecule has 1 saturated heterocycles. The number of methoxy groups -OCH3 is 1.